The Balaban J connectivity index is 2.05. The van der Waals surface area contributed by atoms with Crippen LogP contribution in [0.2, 0.25) is 5.02 Å². The molecule has 0 aliphatic rings. The van der Waals surface area contributed by atoms with Crippen LogP contribution in [0.4, 0.5) is 10.1 Å². The summed E-state index contributed by atoms with van der Waals surface area (Å²) in [5, 5.41) is 3.31. The molecule has 10 heteroatoms. The van der Waals surface area contributed by atoms with Crippen LogP contribution >= 0.6 is 11.6 Å². The fourth-order valence-electron chi connectivity index (χ4n) is 4.08. The Morgan fingerprint density at radius 2 is 1.60 bits per heavy atom. The lowest BCUT2D eigenvalue weighted by Gasteiger charge is -2.33. The van der Waals surface area contributed by atoms with E-state index in [-0.39, 0.29) is 29.1 Å². The molecule has 0 saturated heterocycles. The molecule has 0 aliphatic heterocycles. The number of hydrogen-bond acceptors (Lipinski definition) is 4. The molecule has 2 amide bonds. The molecule has 0 fully saturated rings. The third-order valence-corrected chi connectivity index (χ3v) is 8.76. The third-order valence-electron chi connectivity index (χ3n) is 6.75. The summed E-state index contributed by atoms with van der Waals surface area (Å²) in [6.45, 7) is 8.34. The zero-order valence-corrected chi connectivity index (χ0v) is 24.9. The van der Waals surface area contributed by atoms with Gasteiger partial charge in [0.15, 0.2) is 0 Å². The van der Waals surface area contributed by atoms with Gasteiger partial charge >= 0.3 is 0 Å². The Morgan fingerprint density at radius 3 is 2.17 bits per heavy atom. The number of halogens is 2. The fourth-order valence-corrected chi connectivity index (χ4v) is 5.79. The molecule has 0 spiro atoms. The lowest BCUT2D eigenvalue weighted by atomic mass is 10.1. The van der Waals surface area contributed by atoms with E-state index in [1.54, 1.807) is 44.2 Å². The molecule has 0 heterocycles. The molecule has 0 aromatic heterocycles. The van der Waals surface area contributed by atoms with Crippen molar-refractivity contribution >= 4 is 39.1 Å². The predicted molar refractivity (Wildman–Crippen MR) is 156 cm³/mol. The number of carbonyl (C=O) groups is 2. The Bertz CT molecular complexity index is 1450. The van der Waals surface area contributed by atoms with Gasteiger partial charge in [0.05, 0.1) is 10.6 Å². The first-order valence-electron chi connectivity index (χ1n) is 13.0. The van der Waals surface area contributed by atoms with Gasteiger partial charge in [-0.15, -0.1) is 0 Å². The number of hydrogen-bond donors (Lipinski definition) is 1. The van der Waals surface area contributed by atoms with Crippen molar-refractivity contribution in [1.29, 1.82) is 0 Å². The number of rotatable bonds is 11. The van der Waals surface area contributed by atoms with Gasteiger partial charge in [0.25, 0.3) is 10.0 Å². The van der Waals surface area contributed by atoms with E-state index in [4.69, 9.17) is 11.6 Å². The predicted octanol–water partition coefficient (Wildman–Crippen LogP) is 5.62. The largest absolute Gasteiger partial charge is 0.352 e. The van der Waals surface area contributed by atoms with Crippen molar-refractivity contribution in [3.8, 4) is 0 Å². The van der Waals surface area contributed by atoms with Crippen molar-refractivity contribution in [2.75, 3.05) is 10.8 Å². The topological polar surface area (TPSA) is 86.8 Å². The highest BCUT2D eigenvalue weighted by Crippen LogP contribution is 2.29. The van der Waals surface area contributed by atoms with E-state index in [1.165, 1.54) is 41.3 Å². The summed E-state index contributed by atoms with van der Waals surface area (Å²) in [6, 6.07) is 15.6. The molecule has 3 rings (SSSR count). The van der Waals surface area contributed by atoms with E-state index in [0.717, 1.165) is 9.87 Å². The number of aryl methyl sites for hydroxylation is 2. The first-order chi connectivity index (χ1) is 18.8. The molecule has 7 nitrogen and oxygen atoms in total. The quantitative estimate of drug-likeness (QED) is 0.315. The molecule has 3 aromatic rings. The van der Waals surface area contributed by atoms with Crippen LogP contribution in [0.3, 0.4) is 0 Å². The molecule has 40 heavy (non-hydrogen) atoms. The molecule has 1 N–H and O–H groups in total. The number of carbonyl (C=O) groups excluding carboxylic acids is 2. The summed E-state index contributed by atoms with van der Waals surface area (Å²) in [5.74, 6) is -1.40. The SMILES string of the molecule is CC[C@@H](C)NC(=O)[C@H](C)N(Cc1ccc(F)cc1)C(=O)CN(c1ccc(Cl)cc1C)S(=O)(=O)c1ccc(C)cc1. The van der Waals surface area contributed by atoms with Crippen LogP contribution in [0, 0.1) is 19.7 Å². The normalized spacial score (nSPS) is 12.9. The minimum atomic E-state index is -4.19. The van der Waals surface area contributed by atoms with E-state index in [9.17, 15) is 22.4 Å². The Kier molecular flexibility index (Phi) is 10.3. The van der Waals surface area contributed by atoms with Crippen LogP contribution in [0.15, 0.2) is 71.6 Å². The Morgan fingerprint density at radius 1 is 0.975 bits per heavy atom. The molecule has 0 bridgehead atoms. The third kappa shape index (κ3) is 7.61. The van der Waals surface area contributed by atoms with Crippen LogP contribution < -0.4 is 9.62 Å². The smallest absolute Gasteiger partial charge is 0.264 e. The van der Waals surface area contributed by atoms with E-state index in [0.29, 0.717) is 22.6 Å². The Hall–Kier alpha value is -3.43. The highest BCUT2D eigenvalue weighted by atomic mass is 35.5. The number of sulfonamides is 1. The van der Waals surface area contributed by atoms with Gasteiger partial charge in [-0.25, -0.2) is 12.8 Å². The zero-order chi connectivity index (χ0) is 29.6. The average Bonchev–Trinajstić information content (AvgIpc) is 2.91. The van der Waals surface area contributed by atoms with Crippen LogP contribution in [0.25, 0.3) is 0 Å². The minimum absolute atomic E-state index is 0.0212. The molecule has 0 unspecified atom stereocenters. The molecule has 0 aliphatic carbocycles. The standard InChI is InChI=1S/C30H35ClFN3O4S/c1-6-22(4)33-30(37)23(5)34(18-24-9-12-26(32)13-10-24)29(36)19-35(28-16-11-25(31)17-21(28)3)40(38,39)27-14-7-20(2)8-15-27/h7-17,22-23H,6,18-19H2,1-5H3,(H,33,37)/t22-,23+/m1/s1. The lowest BCUT2D eigenvalue weighted by molar-refractivity contribution is -0.139. The highest BCUT2D eigenvalue weighted by Gasteiger charge is 2.33. The van der Waals surface area contributed by atoms with E-state index in [2.05, 4.69) is 5.32 Å². The maximum absolute atomic E-state index is 13.9. The van der Waals surface area contributed by atoms with Gasteiger partial charge in [-0.2, -0.15) is 0 Å². The molecule has 0 radical (unpaired) electrons. The summed E-state index contributed by atoms with van der Waals surface area (Å²) >= 11 is 6.14. The second kappa shape index (κ2) is 13.3. The number of nitrogens with zero attached hydrogens (tertiary/aromatic N) is 2. The van der Waals surface area contributed by atoms with Gasteiger partial charge in [0, 0.05) is 17.6 Å². The van der Waals surface area contributed by atoms with Crippen molar-refractivity contribution in [2.45, 2.75) is 64.6 Å². The second-order valence-electron chi connectivity index (χ2n) is 9.90. The van der Waals surface area contributed by atoms with Crippen molar-refractivity contribution in [3.05, 3.63) is 94.3 Å². The van der Waals surface area contributed by atoms with Gasteiger partial charge in [-0.3, -0.25) is 13.9 Å². The van der Waals surface area contributed by atoms with Crippen LogP contribution in [0.1, 0.15) is 43.9 Å². The minimum Gasteiger partial charge on any atom is -0.352 e. The molecule has 214 valence electrons. The van der Waals surface area contributed by atoms with Gasteiger partial charge in [-0.1, -0.05) is 48.4 Å². The zero-order valence-electron chi connectivity index (χ0n) is 23.3. The lowest BCUT2D eigenvalue weighted by Crippen LogP contribution is -2.52. The van der Waals surface area contributed by atoms with E-state index < -0.39 is 34.3 Å². The van der Waals surface area contributed by atoms with Crippen molar-refractivity contribution in [3.63, 3.8) is 0 Å². The number of amides is 2. The van der Waals surface area contributed by atoms with E-state index in [1.807, 2.05) is 20.8 Å². The van der Waals surface area contributed by atoms with Crippen LogP contribution in [-0.2, 0) is 26.2 Å². The first kappa shape index (κ1) is 31.1. The summed E-state index contributed by atoms with van der Waals surface area (Å²) in [5.41, 5.74) is 2.32. The monoisotopic (exact) mass is 587 g/mol. The van der Waals surface area contributed by atoms with E-state index >= 15 is 0 Å². The number of nitrogens with one attached hydrogen (secondary N) is 1. The highest BCUT2D eigenvalue weighted by molar-refractivity contribution is 7.92. The van der Waals surface area contributed by atoms with Gasteiger partial charge in [0.2, 0.25) is 11.8 Å². The molecular weight excluding hydrogens is 553 g/mol. The summed E-state index contributed by atoms with van der Waals surface area (Å²) in [6.07, 6.45) is 0.697. The molecule has 2 atom stereocenters. The maximum atomic E-state index is 13.9. The maximum Gasteiger partial charge on any atom is 0.264 e. The summed E-state index contributed by atoms with van der Waals surface area (Å²) in [4.78, 5) is 28.4. The number of benzene rings is 3. The van der Waals surface area contributed by atoms with Crippen LogP contribution in [-0.4, -0.2) is 43.8 Å². The van der Waals surface area contributed by atoms with Crippen LogP contribution in [0.5, 0.6) is 0 Å². The van der Waals surface area contributed by atoms with Crippen molar-refractivity contribution < 1.29 is 22.4 Å². The van der Waals surface area contributed by atoms with Gasteiger partial charge < -0.3 is 10.2 Å². The average molecular weight is 588 g/mol. The molecule has 3 aromatic carbocycles. The molecular formula is C30H35ClFN3O4S. The molecule has 0 saturated carbocycles. The fraction of sp³-hybridized carbons (Fsp3) is 0.333. The van der Waals surface area contributed by atoms with Gasteiger partial charge in [-0.05, 0) is 87.7 Å². The number of anilines is 1. The summed E-state index contributed by atoms with van der Waals surface area (Å²) in [7, 11) is -4.19. The van der Waals surface area contributed by atoms with Crippen molar-refractivity contribution in [2.24, 2.45) is 0 Å². The first-order valence-corrected chi connectivity index (χ1v) is 14.8. The van der Waals surface area contributed by atoms with Gasteiger partial charge in [0.1, 0.15) is 18.4 Å². The summed E-state index contributed by atoms with van der Waals surface area (Å²) < 4.78 is 42.5. The van der Waals surface area contributed by atoms with Crippen molar-refractivity contribution in [1.82, 2.24) is 10.2 Å². The second-order valence-corrected chi connectivity index (χ2v) is 12.2. The Labute approximate surface area is 241 Å².